The van der Waals surface area contributed by atoms with Crippen LogP contribution in [0.1, 0.15) is 113 Å². The molecule has 0 radical (unpaired) electrons. The maximum Gasteiger partial charge on any atom is 0.128 e. The third-order valence-corrected chi connectivity index (χ3v) is 21.5. The first-order valence-electron chi connectivity index (χ1n) is 31.9. The Kier molecular flexibility index (Phi) is 13.7. The number of rotatable bonds is 12. The van der Waals surface area contributed by atoms with E-state index in [4.69, 9.17) is 4.74 Å². The molecule has 1 heterocycles. The van der Waals surface area contributed by atoms with Crippen LogP contribution in [0.3, 0.4) is 0 Å². The van der Waals surface area contributed by atoms with Crippen molar-refractivity contribution in [2.24, 2.45) is 23.7 Å². The molecule has 0 amide bonds. The highest BCUT2D eigenvalue weighted by atomic mass is 19.1. The second-order valence-corrected chi connectivity index (χ2v) is 26.1. The second kappa shape index (κ2) is 21.7. The largest absolute Gasteiger partial charge is 0.485 e. The van der Waals surface area contributed by atoms with Crippen molar-refractivity contribution < 1.29 is 13.5 Å². The minimum absolute atomic E-state index is 0.0279. The molecule has 0 spiro atoms. The monoisotopic (exact) mass is 1140 g/mol. The van der Waals surface area contributed by atoms with E-state index in [-0.39, 0.29) is 46.9 Å². The Balaban J connectivity index is 0.843. The van der Waals surface area contributed by atoms with E-state index in [0.717, 1.165) is 65.5 Å². The number of halogens is 2. The first kappa shape index (κ1) is 55.1. The summed E-state index contributed by atoms with van der Waals surface area (Å²) >= 11 is 0. The molecule has 6 aromatic carbocycles. The summed E-state index contributed by atoms with van der Waals surface area (Å²) in [6, 6.07) is 43.9. The van der Waals surface area contributed by atoms with Crippen molar-refractivity contribution in [3.8, 4) is 5.75 Å². The molecule has 10 unspecified atom stereocenters. The van der Waals surface area contributed by atoms with Crippen LogP contribution in [0.5, 0.6) is 5.75 Å². The lowest BCUT2D eigenvalue weighted by Crippen LogP contribution is -2.42. The van der Waals surface area contributed by atoms with Gasteiger partial charge >= 0.3 is 0 Å². The van der Waals surface area contributed by atoms with Crippen LogP contribution in [0.15, 0.2) is 271 Å². The van der Waals surface area contributed by atoms with Gasteiger partial charge in [-0.25, -0.2) is 8.78 Å². The third kappa shape index (κ3) is 8.83. The average molecular weight is 1140 g/mol. The van der Waals surface area contributed by atoms with Crippen molar-refractivity contribution in [3.63, 3.8) is 0 Å². The van der Waals surface area contributed by atoms with Crippen LogP contribution in [0.2, 0.25) is 0 Å². The molecule has 1 saturated carbocycles. The van der Waals surface area contributed by atoms with E-state index in [0.29, 0.717) is 17.8 Å². The number of hydrogen-bond donors (Lipinski definition) is 0. The maximum absolute atomic E-state index is 15.2. The van der Waals surface area contributed by atoms with Gasteiger partial charge in [0.25, 0.3) is 0 Å². The van der Waals surface area contributed by atoms with Crippen molar-refractivity contribution in [2.45, 2.75) is 114 Å². The van der Waals surface area contributed by atoms with E-state index < -0.39 is 5.41 Å². The number of fused-ring (bicyclic) bond motifs is 8. The fourth-order valence-electron chi connectivity index (χ4n) is 17.6. The predicted molar refractivity (Wildman–Crippen MR) is 354 cm³/mol. The second-order valence-electron chi connectivity index (χ2n) is 26.1. The number of nitrogens with zero attached hydrogens (tertiary/aromatic N) is 2. The first-order chi connectivity index (χ1) is 42.5. The predicted octanol–water partition coefficient (Wildman–Crippen LogP) is 20.2. The minimum atomic E-state index is -0.458. The summed E-state index contributed by atoms with van der Waals surface area (Å²) in [6.45, 7) is 17.4. The van der Waals surface area contributed by atoms with Gasteiger partial charge in [-0.1, -0.05) is 164 Å². The Labute approximate surface area is 513 Å². The van der Waals surface area contributed by atoms with Gasteiger partial charge < -0.3 is 14.5 Å². The van der Waals surface area contributed by atoms with Crippen molar-refractivity contribution in [1.82, 2.24) is 0 Å². The van der Waals surface area contributed by atoms with Crippen LogP contribution in [0, 0.1) is 63.0 Å². The molecule has 1 aliphatic heterocycles. The van der Waals surface area contributed by atoms with E-state index in [9.17, 15) is 0 Å². The Morgan fingerprint density at radius 1 is 0.609 bits per heavy atom. The van der Waals surface area contributed by atoms with E-state index in [2.05, 4.69) is 215 Å². The highest BCUT2D eigenvalue weighted by Crippen LogP contribution is 2.66. The van der Waals surface area contributed by atoms with Crippen molar-refractivity contribution in [2.75, 3.05) is 9.80 Å². The lowest BCUT2D eigenvalue weighted by atomic mass is 9.57. The summed E-state index contributed by atoms with van der Waals surface area (Å²) in [5.74, 6) is 1.55. The molecule has 0 saturated heterocycles. The molecule has 87 heavy (non-hydrogen) atoms. The Morgan fingerprint density at radius 2 is 1.31 bits per heavy atom. The van der Waals surface area contributed by atoms with Gasteiger partial charge in [0.05, 0.1) is 6.04 Å². The quantitative estimate of drug-likeness (QED) is 0.114. The highest BCUT2D eigenvalue weighted by Gasteiger charge is 2.58. The molecule has 1 fully saturated rings. The number of ether oxygens (including phenoxy) is 1. The lowest BCUT2D eigenvalue weighted by molar-refractivity contribution is 0.228. The molecule has 15 rings (SSSR count). The normalized spacial score (nSPS) is 27.9. The van der Waals surface area contributed by atoms with E-state index in [1.807, 2.05) is 30.3 Å². The van der Waals surface area contributed by atoms with Crippen LogP contribution in [0.25, 0.3) is 0 Å². The van der Waals surface area contributed by atoms with E-state index in [1.165, 1.54) is 98.1 Å². The fraction of sp³-hybridized carbons (Fsp3) is 0.268. The molecule has 0 bridgehead atoms. The SMILES string of the molecule is C=CC1=CC=C(C2(c3cc(C)ccc3C)c3ccccc3C3C=CC(N(C4=CC5c6cc(N(c7ccc(F)cc7)C7C=CC8=C(C7)C(C7=CCC(C=C)C=C7)(c7cc(C)ccc7C)C7CCCCC87)ccc6OC5C=C4)c4ccc(F)cc4)=CC32)CC1. The molecule has 10 atom stereocenters. The summed E-state index contributed by atoms with van der Waals surface area (Å²) in [5.41, 5.74) is 23.0. The van der Waals surface area contributed by atoms with Gasteiger partial charge in [0, 0.05) is 62.6 Å². The Morgan fingerprint density at radius 3 is 2.02 bits per heavy atom. The van der Waals surface area contributed by atoms with Crippen LogP contribution in [-0.2, 0) is 10.8 Å². The summed E-state index contributed by atoms with van der Waals surface area (Å²) in [5, 5.41) is 0. The van der Waals surface area contributed by atoms with Crippen LogP contribution < -0.4 is 14.5 Å². The zero-order valence-electron chi connectivity index (χ0n) is 50.5. The molecular formula is C82H76F2N2O. The minimum Gasteiger partial charge on any atom is -0.485 e. The maximum atomic E-state index is 15.2. The molecular weight excluding hydrogens is 1070 g/mol. The zero-order chi connectivity index (χ0) is 59.3. The summed E-state index contributed by atoms with van der Waals surface area (Å²) in [6.07, 6.45) is 43.4. The molecule has 6 aromatic rings. The molecule has 434 valence electrons. The number of anilines is 3. The summed E-state index contributed by atoms with van der Waals surface area (Å²) in [7, 11) is 0. The van der Waals surface area contributed by atoms with Crippen molar-refractivity contribution in [3.05, 3.63) is 333 Å². The van der Waals surface area contributed by atoms with Gasteiger partial charge in [-0.3, -0.25) is 0 Å². The zero-order valence-corrected chi connectivity index (χ0v) is 50.5. The van der Waals surface area contributed by atoms with Crippen LogP contribution in [0.4, 0.5) is 25.8 Å². The van der Waals surface area contributed by atoms with Gasteiger partial charge in [-0.15, -0.1) is 6.58 Å². The third-order valence-electron chi connectivity index (χ3n) is 21.5. The van der Waals surface area contributed by atoms with Crippen molar-refractivity contribution in [1.29, 1.82) is 0 Å². The van der Waals surface area contributed by atoms with Gasteiger partial charge in [0.15, 0.2) is 0 Å². The molecule has 3 nitrogen and oxygen atoms in total. The van der Waals surface area contributed by atoms with Gasteiger partial charge in [0.2, 0.25) is 0 Å². The molecule has 0 N–H and O–H groups in total. The summed E-state index contributed by atoms with van der Waals surface area (Å²) in [4.78, 5) is 4.79. The van der Waals surface area contributed by atoms with Gasteiger partial charge in [-0.05, 0) is 231 Å². The molecule has 8 aliphatic carbocycles. The molecule has 5 heteroatoms. The Hall–Kier alpha value is -8.54. The number of aryl methyl sites for hydroxylation is 4. The molecule has 0 aromatic heterocycles. The topological polar surface area (TPSA) is 15.7 Å². The number of allylic oxidation sites excluding steroid dienone is 16. The number of hydrogen-bond acceptors (Lipinski definition) is 3. The smallest absolute Gasteiger partial charge is 0.128 e. The van der Waals surface area contributed by atoms with Crippen LogP contribution in [-0.4, -0.2) is 12.1 Å². The van der Waals surface area contributed by atoms with E-state index in [1.54, 1.807) is 24.3 Å². The first-order valence-corrected chi connectivity index (χ1v) is 31.9. The standard InChI is InChI=1S/C82H76F2N2O/c1-7-55-21-25-57(26-22-55)81(75-45-51(3)17-19-53(75)5)73-15-11-9-13-67(73)69-41-37-65(49-77(69)81)85(61-33-29-59(83)30-34-61)63-39-43-79-71(47-63)72-48-64(40-44-80(72)87-79)86(62-35-31-60(84)32-36-62)66-38-42-70-68-14-10-12-16-74(68)82(78(70)50-66,58-27-23-56(8-2)24-28-58)76-46-52(4)18-20-54(76)6/h7-9,11,13,15,17-21,23,25,27-49,56,66,68-69,71,74,77,79H,1-2,10,12,14,16,22,24,26,50H2,3-6H3. The lowest BCUT2D eigenvalue weighted by Gasteiger charge is -2.46. The number of benzene rings is 6. The van der Waals surface area contributed by atoms with Crippen LogP contribution >= 0.6 is 0 Å². The van der Waals surface area contributed by atoms with Gasteiger partial charge in [-0.2, -0.15) is 0 Å². The average Bonchev–Trinajstić information content (AvgIpc) is 2.43. The fourth-order valence-corrected chi connectivity index (χ4v) is 17.6. The van der Waals surface area contributed by atoms with Gasteiger partial charge in [0.1, 0.15) is 23.5 Å². The highest BCUT2D eigenvalue weighted by molar-refractivity contribution is 5.74. The van der Waals surface area contributed by atoms with Crippen molar-refractivity contribution >= 4 is 17.1 Å². The van der Waals surface area contributed by atoms with E-state index >= 15 is 8.78 Å². The molecule has 9 aliphatic rings. The summed E-state index contributed by atoms with van der Waals surface area (Å²) < 4.78 is 37.2. The Bertz CT molecular complexity index is 4150.